The van der Waals surface area contributed by atoms with Crippen LogP contribution < -0.4 is 19.9 Å². The number of hydrogen-bond acceptors (Lipinski definition) is 4. The molecular formula is C19H20N3O3+. The second kappa shape index (κ2) is 6.57. The van der Waals surface area contributed by atoms with Crippen LogP contribution in [-0.2, 0) is 6.54 Å². The number of nitrogens with zero attached hydrogens (tertiary/aromatic N) is 1. The highest BCUT2D eigenvalue weighted by Crippen LogP contribution is 2.30. The zero-order chi connectivity index (χ0) is 17.2. The normalized spacial score (nSPS) is 17.4. The summed E-state index contributed by atoms with van der Waals surface area (Å²) in [5.41, 5.74) is 0.625. The summed E-state index contributed by atoms with van der Waals surface area (Å²) in [5, 5.41) is 0.615. The van der Waals surface area contributed by atoms with Crippen LogP contribution in [0.2, 0.25) is 0 Å². The van der Waals surface area contributed by atoms with Crippen LogP contribution in [-0.4, -0.2) is 36.3 Å². The summed E-state index contributed by atoms with van der Waals surface area (Å²) in [6.07, 6.45) is -0.0259. The number of benzene rings is 2. The van der Waals surface area contributed by atoms with Crippen LogP contribution in [0.3, 0.4) is 0 Å². The van der Waals surface area contributed by atoms with Crippen LogP contribution >= 0.6 is 0 Å². The van der Waals surface area contributed by atoms with Gasteiger partial charge in [-0.1, -0.05) is 24.3 Å². The number of fused-ring (bicyclic) bond motifs is 2. The number of rotatable bonds is 4. The van der Waals surface area contributed by atoms with E-state index in [1.54, 1.807) is 6.07 Å². The molecule has 0 saturated heterocycles. The lowest BCUT2D eigenvalue weighted by molar-refractivity contribution is -0.897. The van der Waals surface area contributed by atoms with E-state index in [9.17, 15) is 4.79 Å². The Labute approximate surface area is 145 Å². The van der Waals surface area contributed by atoms with Gasteiger partial charge in [-0.15, -0.1) is 0 Å². The largest absolute Gasteiger partial charge is 0.486 e. The van der Waals surface area contributed by atoms with Crippen molar-refractivity contribution in [2.24, 2.45) is 0 Å². The molecule has 6 nitrogen and oxygen atoms in total. The van der Waals surface area contributed by atoms with E-state index in [1.165, 1.54) is 4.90 Å². The van der Waals surface area contributed by atoms with Gasteiger partial charge in [-0.05, 0) is 24.3 Å². The number of aromatic nitrogens is 2. The Morgan fingerprint density at radius 3 is 2.80 bits per heavy atom. The summed E-state index contributed by atoms with van der Waals surface area (Å²) in [6.45, 7) is 1.89. The highest BCUT2D eigenvalue weighted by atomic mass is 16.6. The molecule has 2 aromatic carbocycles. The summed E-state index contributed by atoms with van der Waals surface area (Å²) in [6, 6.07) is 15.1. The second-order valence-corrected chi connectivity index (χ2v) is 6.37. The molecule has 1 aliphatic rings. The third kappa shape index (κ3) is 3.34. The molecule has 2 heterocycles. The lowest BCUT2D eigenvalue weighted by Gasteiger charge is -2.27. The standard InChI is InChI=1S/C19H19N3O3/c1-22(10-13-12-24-16-8-4-5-9-17(16)25-13)11-18-20-15-7-3-2-6-14(15)19(23)21-18/h2-9,13H,10-12H2,1H3,(H,20,21,23)/p+1/t13-/m1/s1. The van der Waals surface area contributed by atoms with Crippen molar-refractivity contribution in [2.45, 2.75) is 12.6 Å². The van der Waals surface area contributed by atoms with Crippen molar-refractivity contribution >= 4 is 10.9 Å². The molecule has 4 rings (SSSR count). The van der Waals surface area contributed by atoms with E-state index >= 15 is 0 Å². The second-order valence-electron chi connectivity index (χ2n) is 6.37. The average Bonchev–Trinajstić information content (AvgIpc) is 2.61. The number of hydrogen-bond donors (Lipinski definition) is 2. The molecule has 2 atom stereocenters. The zero-order valence-electron chi connectivity index (χ0n) is 14.0. The molecule has 128 valence electrons. The first-order valence-electron chi connectivity index (χ1n) is 8.37. The number of nitrogens with one attached hydrogen (secondary N) is 2. The molecule has 0 amide bonds. The fourth-order valence-electron chi connectivity index (χ4n) is 3.13. The monoisotopic (exact) mass is 338 g/mol. The summed E-state index contributed by atoms with van der Waals surface area (Å²) in [4.78, 5) is 20.8. The van der Waals surface area contributed by atoms with E-state index in [1.807, 2.05) is 42.5 Å². The lowest BCUT2D eigenvalue weighted by atomic mass is 10.2. The van der Waals surface area contributed by atoms with Gasteiger partial charge in [0.1, 0.15) is 19.7 Å². The van der Waals surface area contributed by atoms with Crippen molar-refractivity contribution in [1.29, 1.82) is 0 Å². The number of H-pyrrole nitrogens is 1. The third-order valence-corrected chi connectivity index (χ3v) is 4.27. The van der Waals surface area contributed by atoms with E-state index in [4.69, 9.17) is 9.47 Å². The van der Waals surface area contributed by atoms with Crippen molar-refractivity contribution in [3.8, 4) is 11.5 Å². The predicted octanol–water partition coefficient (Wildman–Crippen LogP) is 0.778. The molecule has 0 aliphatic carbocycles. The fraction of sp³-hybridized carbons (Fsp3) is 0.263. The van der Waals surface area contributed by atoms with Crippen LogP contribution in [0.25, 0.3) is 10.9 Å². The first kappa shape index (κ1) is 15.7. The van der Waals surface area contributed by atoms with Crippen LogP contribution in [0.4, 0.5) is 0 Å². The van der Waals surface area contributed by atoms with E-state index in [0.29, 0.717) is 24.4 Å². The lowest BCUT2D eigenvalue weighted by Crippen LogP contribution is -3.09. The molecule has 0 radical (unpaired) electrons. The smallest absolute Gasteiger partial charge is 0.258 e. The number of para-hydroxylation sites is 3. The van der Waals surface area contributed by atoms with Crippen LogP contribution in [0.15, 0.2) is 53.3 Å². The van der Waals surface area contributed by atoms with Gasteiger partial charge in [0.25, 0.3) is 5.56 Å². The molecule has 1 aromatic heterocycles. The summed E-state index contributed by atoms with van der Waals surface area (Å²) < 4.78 is 11.7. The number of quaternary nitrogens is 1. The zero-order valence-corrected chi connectivity index (χ0v) is 14.0. The maximum Gasteiger partial charge on any atom is 0.258 e. The maximum absolute atomic E-state index is 12.2. The summed E-state index contributed by atoms with van der Waals surface area (Å²) in [7, 11) is 2.05. The fourth-order valence-corrected chi connectivity index (χ4v) is 3.13. The van der Waals surface area contributed by atoms with Crippen molar-refractivity contribution in [3.05, 3.63) is 64.7 Å². The van der Waals surface area contributed by atoms with Crippen LogP contribution in [0, 0.1) is 0 Å². The minimum Gasteiger partial charge on any atom is -0.486 e. The average molecular weight is 338 g/mol. The van der Waals surface area contributed by atoms with Crippen molar-refractivity contribution in [1.82, 2.24) is 9.97 Å². The summed E-state index contributed by atoms with van der Waals surface area (Å²) in [5.74, 6) is 2.25. The highest BCUT2D eigenvalue weighted by Gasteiger charge is 2.24. The molecule has 0 spiro atoms. The van der Waals surface area contributed by atoms with Gasteiger partial charge in [0, 0.05) is 0 Å². The van der Waals surface area contributed by atoms with Gasteiger partial charge in [-0.2, -0.15) is 0 Å². The van der Waals surface area contributed by atoms with Crippen molar-refractivity contribution in [3.63, 3.8) is 0 Å². The Balaban J connectivity index is 1.44. The van der Waals surface area contributed by atoms with Gasteiger partial charge in [-0.3, -0.25) is 4.79 Å². The van der Waals surface area contributed by atoms with Gasteiger partial charge < -0.3 is 19.4 Å². The van der Waals surface area contributed by atoms with E-state index in [0.717, 1.165) is 23.6 Å². The molecule has 1 aliphatic heterocycles. The number of ether oxygens (including phenoxy) is 2. The molecule has 25 heavy (non-hydrogen) atoms. The van der Waals surface area contributed by atoms with E-state index in [2.05, 4.69) is 17.0 Å². The molecule has 1 unspecified atom stereocenters. The Hall–Kier alpha value is -2.86. The van der Waals surface area contributed by atoms with Gasteiger partial charge in [0.15, 0.2) is 23.4 Å². The van der Waals surface area contributed by atoms with Crippen LogP contribution in [0.1, 0.15) is 5.82 Å². The molecule has 6 heteroatoms. The molecule has 0 fully saturated rings. The Kier molecular flexibility index (Phi) is 4.11. The van der Waals surface area contributed by atoms with E-state index in [-0.39, 0.29) is 11.7 Å². The predicted molar refractivity (Wildman–Crippen MR) is 94.2 cm³/mol. The number of likely N-dealkylation sites (N-methyl/N-ethyl adjacent to an activating group) is 1. The molecular weight excluding hydrogens is 318 g/mol. The van der Waals surface area contributed by atoms with Gasteiger partial charge in [0.2, 0.25) is 0 Å². The van der Waals surface area contributed by atoms with Crippen molar-refractivity contribution < 1.29 is 14.4 Å². The molecule has 0 saturated carbocycles. The minimum atomic E-state index is -0.0976. The third-order valence-electron chi connectivity index (χ3n) is 4.27. The van der Waals surface area contributed by atoms with E-state index < -0.39 is 0 Å². The van der Waals surface area contributed by atoms with Gasteiger partial charge in [-0.25, -0.2) is 4.98 Å². The highest BCUT2D eigenvalue weighted by molar-refractivity contribution is 5.77. The quantitative estimate of drug-likeness (QED) is 0.738. The topological polar surface area (TPSA) is 68.7 Å². The Bertz CT molecular complexity index is 954. The Morgan fingerprint density at radius 1 is 1.16 bits per heavy atom. The molecule has 2 N–H and O–H groups in total. The van der Waals surface area contributed by atoms with Crippen LogP contribution in [0.5, 0.6) is 11.5 Å². The Morgan fingerprint density at radius 2 is 1.92 bits per heavy atom. The van der Waals surface area contributed by atoms with Crippen molar-refractivity contribution in [2.75, 3.05) is 20.2 Å². The summed E-state index contributed by atoms with van der Waals surface area (Å²) >= 11 is 0. The maximum atomic E-state index is 12.2. The molecule has 3 aromatic rings. The van der Waals surface area contributed by atoms with Gasteiger partial charge >= 0.3 is 0 Å². The van der Waals surface area contributed by atoms with Gasteiger partial charge in [0.05, 0.1) is 18.0 Å². The number of aromatic amines is 1. The first-order chi connectivity index (χ1) is 12.2. The SMILES string of the molecule is C[NH+](Cc1nc2ccccc2c(=O)[nH]1)C[C@@H]1COc2ccccc2O1. The molecule has 0 bridgehead atoms. The first-order valence-corrected chi connectivity index (χ1v) is 8.37. The minimum absolute atomic E-state index is 0.0259.